The first-order valence-electron chi connectivity index (χ1n) is 21.0. The Labute approximate surface area is 381 Å². The Morgan fingerprint density at radius 2 is 1.00 bits per heavy atom. The van der Waals surface area contributed by atoms with Crippen molar-refractivity contribution in [2.75, 3.05) is 37.4 Å². The number of aromatic carboxylic acids is 1. The number of aliphatic hydroxyl groups is 2. The number of benzene rings is 2. The fourth-order valence-electron chi connectivity index (χ4n) is 6.17. The Balaban J connectivity index is 0.000000407. The fourth-order valence-corrected chi connectivity index (χ4v) is 7.96. The number of anilines is 2. The molecule has 360 valence electrons. The van der Waals surface area contributed by atoms with Crippen molar-refractivity contribution in [3.05, 3.63) is 82.2 Å². The number of carboxylic acid groups (broad SMARTS) is 1. The SMILES string of the molecule is CC(C)c1cccc(C(C)C)c1NC(=O)NS(=O)(=O)c1cc(C(=O)N(C)CCO)n(C)n1.CC(C)c1cccc(C(C)C)c1NC(=O)NS(=O)(=O)c1cc(C(=O)O)n(C)n1.CCCCO. The number of hydrogen-bond acceptors (Lipinski definition) is 12. The minimum atomic E-state index is -4.34. The second-order valence-corrected chi connectivity index (χ2v) is 19.4. The van der Waals surface area contributed by atoms with Crippen LogP contribution in [0.5, 0.6) is 0 Å². The number of nitrogens with zero attached hydrogens (tertiary/aromatic N) is 5. The lowest BCUT2D eigenvalue weighted by Crippen LogP contribution is -2.35. The van der Waals surface area contributed by atoms with Crippen molar-refractivity contribution in [1.82, 2.24) is 33.9 Å². The maximum absolute atomic E-state index is 12.7. The zero-order chi connectivity index (χ0) is 49.6. The van der Waals surface area contributed by atoms with Crippen molar-refractivity contribution in [1.29, 1.82) is 0 Å². The molecule has 0 radical (unpaired) electrons. The summed E-state index contributed by atoms with van der Waals surface area (Å²) in [4.78, 5) is 49.8. The summed E-state index contributed by atoms with van der Waals surface area (Å²) in [6.45, 7) is 18.1. The molecule has 0 fully saturated rings. The molecule has 2 aromatic heterocycles. The molecule has 2 aromatic carbocycles. The molecule has 4 aromatic rings. The van der Waals surface area contributed by atoms with E-state index >= 15 is 0 Å². The lowest BCUT2D eigenvalue weighted by atomic mass is 9.93. The van der Waals surface area contributed by atoms with E-state index < -0.39 is 54.0 Å². The van der Waals surface area contributed by atoms with Crippen LogP contribution < -0.4 is 20.1 Å². The summed E-state index contributed by atoms with van der Waals surface area (Å²) in [5.74, 6) is -1.39. The number of carboxylic acids is 1. The van der Waals surface area contributed by atoms with Crippen molar-refractivity contribution in [2.24, 2.45) is 14.1 Å². The van der Waals surface area contributed by atoms with E-state index in [1.54, 1.807) is 0 Å². The number of likely N-dealkylation sites (N-methyl/N-ethyl adjacent to an activating group) is 1. The largest absolute Gasteiger partial charge is 0.477 e. The van der Waals surface area contributed by atoms with Gasteiger partial charge in [-0.15, -0.1) is 0 Å². The van der Waals surface area contributed by atoms with Crippen molar-refractivity contribution in [3.63, 3.8) is 0 Å². The molecule has 20 nitrogen and oxygen atoms in total. The van der Waals surface area contributed by atoms with Crippen LogP contribution in [0.15, 0.2) is 58.6 Å². The number of carbonyl (C=O) groups is 4. The number of rotatable bonds is 16. The third-order valence-electron chi connectivity index (χ3n) is 9.67. The Hall–Kier alpha value is -5.84. The van der Waals surface area contributed by atoms with Crippen LogP contribution in [0, 0.1) is 0 Å². The predicted molar refractivity (Wildman–Crippen MR) is 247 cm³/mol. The first-order valence-corrected chi connectivity index (χ1v) is 23.9. The molecule has 22 heteroatoms. The van der Waals surface area contributed by atoms with Gasteiger partial charge in [0.25, 0.3) is 26.0 Å². The number of urea groups is 2. The molecule has 0 atom stereocenters. The number of aryl methyl sites for hydroxylation is 2. The zero-order valence-corrected chi connectivity index (χ0v) is 40.8. The third kappa shape index (κ3) is 15.4. The van der Waals surface area contributed by atoms with E-state index in [0.29, 0.717) is 18.0 Å². The van der Waals surface area contributed by atoms with Gasteiger partial charge in [-0.05, 0) is 52.3 Å². The van der Waals surface area contributed by atoms with Crippen LogP contribution in [0.1, 0.15) is 142 Å². The zero-order valence-electron chi connectivity index (χ0n) is 39.1. The fraction of sp³-hybridized carbons (Fsp3) is 0.488. The second-order valence-electron chi connectivity index (χ2n) is 16.2. The number of para-hydroxylation sites is 2. The summed E-state index contributed by atoms with van der Waals surface area (Å²) in [6, 6.07) is 11.4. The highest BCUT2D eigenvalue weighted by molar-refractivity contribution is 7.90. The van der Waals surface area contributed by atoms with Gasteiger partial charge in [-0.3, -0.25) is 14.2 Å². The normalized spacial score (nSPS) is 11.4. The molecule has 0 aliphatic heterocycles. The van der Waals surface area contributed by atoms with E-state index in [1.165, 1.54) is 26.0 Å². The van der Waals surface area contributed by atoms with Crippen LogP contribution in [0.2, 0.25) is 0 Å². The predicted octanol–water partition coefficient (Wildman–Crippen LogP) is 5.90. The molecule has 0 saturated carbocycles. The van der Waals surface area contributed by atoms with Crippen LogP contribution in [-0.2, 0) is 34.1 Å². The van der Waals surface area contributed by atoms with E-state index in [1.807, 2.05) is 101 Å². The average molecular weight is 948 g/mol. The molecule has 0 aliphatic rings. The number of unbranched alkanes of at least 4 members (excludes halogenated alkanes) is 1. The van der Waals surface area contributed by atoms with Gasteiger partial charge in [0.05, 0.1) is 6.61 Å². The molecule has 0 bridgehead atoms. The van der Waals surface area contributed by atoms with Crippen LogP contribution in [0.4, 0.5) is 21.0 Å². The van der Waals surface area contributed by atoms with Crippen molar-refractivity contribution in [3.8, 4) is 0 Å². The van der Waals surface area contributed by atoms with Gasteiger partial charge < -0.3 is 30.9 Å². The van der Waals surface area contributed by atoms with E-state index in [-0.39, 0.29) is 48.2 Å². The number of amides is 5. The minimum absolute atomic E-state index is 0.00832. The Kier molecular flexibility index (Phi) is 20.8. The first-order chi connectivity index (χ1) is 30.2. The van der Waals surface area contributed by atoms with Crippen LogP contribution in [0.3, 0.4) is 0 Å². The lowest BCUT2D eigenvalue weighted by Gasteiger charge is -2.20. The Morgan fingerprint density at radius 1 is 0.646 bits per heavy atom. The third-order valence-corrected chi connectivity index (χ3v) is 12.1. The molecule has 65 heavy (non-hydrogen) atoms. The standard InChI is InChI=1S/C21H31N5O5S.C18H24N4O5S.C4H10O/c1-13(2)15-8-7-9-16(14(3)4)19(15)22-21(29)24-32(30,31)18-12-17(26(6)23-18)20(28)25(5)10-11-27;1-10(2)12-7-6-8-13(11(3)4)16(12)19-18(25)21-28(26,27)15-9-14(17(23)24)22(5)20-15;1-2-3-4-5/h7-9,12-14,27H,10-11H2,1-6H3,(H2,22,24,29);6-11H,1-5H3,(H,23,24)(H2,19,21,25);5H,2-4H2,1H3. The summed E-state index contributed by atoms with van der Waals surface area (Å²) in [6.07, 6.45) is 2.04. The summed E-state index contributed by atoms with van der Waals surface area (Å²) >= 11 is 0. The van der Waals surface area contributed by atoms with Gasteiger partial charge in [0.15, 0.2) is 10.1 Å². The summed E-state index contributed by atoms with van der Waals surface area (Å²) in [7, 11) is -4.47. The molecule has 0 spiro atoms. The topological polar surface area (TPSA) is 284 Å². The number of aromatic nitrogens is 4. The van der Waals surface area contributed by atoms with E-state index in [9.17, 15) is 36.0 Å². The minimum Gasteiger partial charge on any atom is -0.477 e. The molecular weight excluding hydrogens is 883 g/mol. The summed E-state index contributed by atoms with van der Waals surface area (Å²) < 4.78 is 56.2. The summed E-state index contributed by atoms with van der Waals surface area (Å²) in [5, 5.41) is 37.9. The lowest BCUT2D eigenvalue weighted by molar-refractivity contribution is 0.0684. The first kappa shape index (κ1) is 55.3. The van der Waals surface area contributed by atoms with E-state index in [2.05, 4.69) is 27.8 Å². The molecule has 0 saturated heterocycles. The van der Waals surface area contributed by atoms with E-state index in [4.69, 9.17) is 15.3 Å². The monoisotopic (exact) mass is 947 g/mol. The van der Waals surface area contributed by atoms with Crippen molar-refractivity contribution in [2.45, 2.75) is 109 Å². The number of hydrogen-bond donors (Lipinski definition) is 7. The quantitative estimate of drug-likeness (QED) is 0.0690. The molecule has 2 heterocycles. The summed E-state index contributed by atoms with van der Waals surface area (Å²) in [5.41, 5.74) is 4.37. The highest BCUT2D eigenvalue weighted by Crippen LogP contribution is 2.33. The highest BCUT2D eigenvalue weighted by Gasteiger charge is 2.28. The Bertz CT molecular complexity index is 2440. The number of nitrogens with one attached hydrogen (secondary N) is 4. The maximum Gasteiger partial charge on any atom is 0.354 e. The molecular formula is C43H65N9O11S2. The molecule has 0 aliphatic carbocycles. The van der Waals surface area contributed by atoms with E-state index in [0.717, 1.165) is 56.6 Å². The van der Waals surface area contributed by atoms with Crippen molar-refractivity contribution < 1.29 is 51.3 Å². The second kappa shape index (κ2) is 24.4. The van der Waals surface area contributed by atoms with Crippen molar-refractivity contribution >= 4 is 55.4 Å². The molecule has 5 amide bonds. The van der Waals surface area contributed by atoms with Gasteiger partial charge >= 0.3 is 18.0 Å². The van der Waals surface area contributed by atoms with Crippen LogP contribution in [0.25, 0.3) is 0 Å². The smallest absolute Gasteiger partial charge is 0.354 e. The van der Waals surface area contributed by atoms with Crippen LogP contribution >= 0.6 is 0 Å². The number of carbonyl (C=O) groups excluding carboxylic acids is 3. The van der Waals surface area contributed by atoms with Gasteiger partial charge in [0.2, 0.25) is 0 Å². The molecule has 4 rings (SSSR count). The van der Waals surface area contributed by atoms with Gasteiger partial charge in [-0.1, -0.05) is 105 Å². The van der Waals surface area contributed by atoms with Gasteiger partial charge in [0, 0.05) is 57.8 Å². The highest BCUT2D eigenvalue weighted by atomic mass is 32.2. The average Bonchev–Trinajstić information content (AvgIpc) is 3.81. The van der Waals surface area contributed by atoms with Gasteiger partial charge in [-0.25, -0.2) is 23.8 Å². The molecule has 0 unspecified atom stereocenters. The number of aliphatic hydroxyl groups excluding tert-OH is 2. The van der Waals surface area contributed by atoms with Gasteiger partial charge in [-0.2, -0.15) is 27.0 Å². The molecule has 7 N–H and O–H groups in total. The Morgan fingerprint density at radius 3 is 1.28 bits per heavy atom. The van der Waals surface area contributed by atoms with Gasteiger partial charge in [0.1, 0.15) is 11.4 Å². The number of sulfonamides is 2. The maximum atomic E-state index is 12.7. The van der Waals surface area contributed by atoms with Crippen LogP contribution in [-0.4, -0.2) is 107 Å².